The number of methoxy groups -OCH3 is 4. The molecule has 0 fully saturated rings. The van der Waals surface area contributed by atoms with Gasteiger partial charge in [0.15, 0.2) is 0 Å². The molecule has 0 saturated heterocycles. The molecule has 2 aromatic carbocycles. The molecular weight excluding hydrogens is 407 g/mol. The third-order valence-corrected chi connectivity index (χ3v) is 4.47. The maximum atomic E-state index is 10.6. The van der Waals surface area contributed by atoms with Crippen LogP contribution in [0.25, 0.3) is 0 Å². The minimum Gasteiger partial charge on any atom is -0.497 e. The molecular formula is C22H26O7P+. The van der Waals surface area contributed by atoms with Crippen molar-refractivity contribution in [1.82, 2.24) is 0 Å². The third kappa shape index (κ3) is 10.2. The molecule has 0 bridgehead atoms. The van der Waals surface area contributed by atoms with Gasteiger partial charge in [-0.2, -0.15) is 0 Å². The Morgan fingerprint density at radius 3 is 1.17 bits per heavy atom. The number of ether oxygens (including phenoxy) is 4. The van der Waals surface area contributed by atoms with Crippen molar-refractivity contribution in [2.75, 3.05) is 28.4 Å². The smallest absolute Gasteiger partial charge is 0.497 e. The summed E-state index contributed by atoms with van der Waals surface area (Å²) < 4.78 is 30.5. The quantitative estimate of drug-likeness (QED) is 0.442. The number of benzene rings is 2. The molecule has 0 amide bonds. The maximum absolute atomic E-state index is 10.6. The Kier molecular flexibility index (Phi) is 13.7. The second kappa shape index (κ2) is 15.5. The van der Waals surface area contributed by atoms with E-state index in [2.05, 4.69) is 13.2 Å². The van der Waals surface area contributed by atoms with Gasteiger partial charge in [0.25, 0.3) is 0 Å². The standard InChI is InChI=1S/2C8H10O2.C6H6O3P/c2*1-9-7-4-3-5-8(6-7)10-2;1-3-5(7)10(9)6(8)4-2/h2*3-6H,1-2H3;3-4H,1-2H2/q;;+1. The van der Waals surface area contributed by atoms with Crippen LogP contribution >= 0.6 is 7.80 Å². The Labute approximate surface area is 177 Å². The van der Waals surface area contributed by atoms with Crippen molar-refractivity contribution in [3.63, 3.8) is 0 Å². The van der Waals surface area contributed by atoms with Crippen LogP contribution in [0, 0.1) is 0 Å². The minimum atomic E-state index is -2.47. The maximum Gasteiger partial charge on any atom is 0.500 e. The van der Waals surface area contributed by atoms with E-state index in [-0.39, 0.29) is 0 Å². The van der Waals surface area contributed by atoms with E-state index in [1.54, 1.807) is 28.4 Å². The summed E-state index contributed by atoms with van der Waals surface area (Å²) in [7, 11) is 4.07. The number of carbonyl (C=O) groups excluding carboxylic acids is 2. The van der Waals surface area contributed by atoms with Crippen LogP contribution in [0.5, 0.6) is 23.0 Å². The van der Waals surface area contributed by atoms with Crippen molar-refractivity contribution < 1.29 is 33.1 Å². The van der Waals surface area contributed by atoms with Crippen LogP contribution in [-0.4, -0.2) is 39.5 Å². The average molecular weight is 433 g/mol. The lowest BCUT2D eigenvalue weighted by atomic mass is 10.3. The van der Waals surface area contributed by atoms with E-state index in [4.69, 9.17) is 18.9 Å². The molecule has 8 heteroatoms. The first-order valence-electron chi connectivity index (χ1n) is 8.52. The second-order valence-electron chi connectivity index (χ2n) is 5.15. The summed E-state index contributed by atoms with van der Waals surface area (Å²) in [5.74, 6) is 3.28. The van der Waals surface area contributed by atoms with Crippen molar-refractivity contribution in [3.8, 4) is 23.0 Å². The molecule has 2 aromatic rings. The average Bonchev–Trinajstić information content (AvgIpc) is 2.83. The number of hydrogen-bond acceptors (Lipinski definition) is 7. The number of carbonyl (C=O) groups is 2. The fourth-order valence-corrected chi connectivity index (χ4v) is 2.28. The largest absolute Gasteiger partial charge is 0.500 e. The summed E-state index contributed by atoms with van der Waals surface area (Å²) in [6.45, 7) is 6.16. The molecule has 0 aliphatic rings. The van der Waals surface area contributed by atoms with Crippen molar-refractivity contribution in [3.05, 3.63) is 73.8 Å². The summed E-state index contributed by atoms with van der Waals surface area (Å²) in [4.78, 5) is 20.9. The molecule has 0 radical (unpaired) electrons. The van der Waals surface area contributed by atoms with Gasteiger partial charge in [0.05, 0.1) is 28.4 Å². The van der Waals surface area contributed by atoms with Crippen LogP contribution in [0.1, 0.15) is 0 Å². The van der Waals surface area contributed by atoms with Gasteiger partial charge in [-0.15, -0.1) is 0 Å². The first kappa shape index (κ1) is 26.6. The van der Waals surface area contributed by atoms with E-state index >= 15 is 0 Å². The summed E-state index contributed by atoms with van der Waals surface area (Å²) in [6.07, 6.45) is 1.72. The zero-order valence-corrected chi connectivity index (χ0v) is 18.4. The van der Waals surface area contributed by atoms with E-state index in [0.717, 1.165) is 35.2 Å². The van der Waals surface area contributed by atoms with E-state index < -0.39 is 18.8 Å². The number of allylic oxidation sites excluding steroid dienone is 2. The van der Waals surface area contributed by atoms with Crippen LogP contribution < -0.4 is 18.9 Å². The lowest BCUT2D eigenvalue weighted by Gasteiger charge is -2.01. The van der Waals surface area contributed by atoms with Gasteiger partial charge in [0.1, 0.15) is 23.0 Å². The van der Waals surface area contributed by atoms with Gasteiger partial charge >= 0.3 is 18.8 Å². The second-order valence-corrected chi connectivity index (χ2v) is 6.62. The highest BCUT2D eigenvalue weighted by molar-refractivity contribution is 7.80. The van der Waals surface area contributed by atoms with Crippen molar-refractivity contribution in [1.29, 1.82) is 0 Å². The van der Waals surface area contributed by atoms with Crippen LogP contribution in [0.4, 0.5) is 0 Å². The Hall–Kier alpha value is -3.44. The predicted molar refractivity (Wildman–Crippen MR) is 117 cm³/mol. The molecule has 0 heterocycles. The van der Waals surface area contributed by atoms with Gasteiger partial charge in [0.2, 0.25) is 0 Å². The summed E-state index contributed by atoms with van der Waals surface area (Å²) >= 11 is 0. The predicted octanol–water partition coefficient (Wildman–Crippen LogP) is 4.65. The molecule has 30 heavy (non-hydrogen) atoms. The van der Waals surface area contributed by atoms with Gasteiger partial charge in [0, 0.05) is 24.3 Å². The Morgan fingerprint density at radius 1 is 0.700 bits per heavy atom. The fraction of sp³-hybridized carbons (Fsp3) is 0.182. The van der Waals surface area contributed by atoms with Gasteiger partial charge in [-0.3, -0.25) is 0 Å². The fourth-order valence-electron chi connectivity index (χ4n) is 1.73. The molecule has 0 spiro atoms. The summed E-state index contributed by atoms with van der Waals surface area (Å²) in [5, 5.41) is 0. The van der Waals surface area contributed by atoms with E-state index in [1.807, 2.05) is 48.5 Å². The van der Waals surface area contributed by atoms with Crippen molar-refractivity contribution in [2.45, 2.75) is 0 Å². The molecule has 0 unspecified atom stereocenters. The van der Waals surface area contributed by atoms with Gasteiger partial charge in [-0.25, -0.2) is 9.59 Å². The SMILES string of the molecule is C=CC(=O)[P+](=O)C(=O)C=C.COc1cccc(OC)c1.COc1cccc(OC)c1. The molecule has 0 aliphatic heterocycles. The van der Waals surface area contributed by atoms with E-state index in [1.165, 1.54) is 0 Å². The van der Waals surface area contributed by atoms with E-state index in [9.17, 15) is 14.2 Å². The van der Waals surface area contributed by atoms with Crippen LogP contribution in [0.2, 0.25) is 0 Å². The normalized spacial score (nSPS) is 8.67. The molecule has 0 N–H and O–H groups in total. The monoisotopic (exact) mass is 433 g/mol. The Morgan fingerprint density at radius 2 is 0.967 bits per heavy atom. The highest BCUT2D eigenvalue weighted by Gasteiger charge is 2.32. The molecule has 0 saturated carbocycles. The molecule has 7 nitrogen and oxygen atoms in total. The zero-order chi connectivity index (χ0) is 22.9. The topological polar surface area (TPSA) is 88.1 Å². The van der Waals surface area contributed by atoms with Gasteiger partial charge in [-0.1, -0.05) is 29.9 Å². The molecule has 160 valence electrons. The minimum absolute atomic E-state index is 0.750. The van der Waals surface area contributed by atoms with Crippen LogP contribution in [0.15, 0.2) is 73.8 Å². The highest BCUT2D eigenvalue weighted by atomic mass is 31.1. The van der Waals surface area contributed by atoms with Crippen molar-refractivity contribution in [2.24, 2.45) is 0 Å². The number of hydrogen-bond donors (Lipinski definition) is 0. The number of rotatable bonds is 8. The summed E-state index contributed by atoms with van der Waals surface area (Å²) in [5.41, 5.74) is -1.50. The summed E-state index contributed by atoms with van der Waals surface area (Å²) in [6, 6.07) is 14.9. The van der Waals surface area contributed by atoms with Crippen LogP contribution in [-0.2, 0) is 14.2 Å². The first-order chi connectivity index (χ1) is 14.4. The molecule has 0 aromatic heterocycles. The van der Waals surface area contributed by atoms with Gasteiger partial charge in [-0.05, 0) is 24.3 Å². The highest BCUT2D eigenvalue weighted by Crippen LogP contribution is 2.23. The van der Waals surface area contributed by atoms with Crippen LogP contribution in [0.3, 0.4) is 0 Å². The molecule has 0 atom stereocenters. The lowest BCUT2D eigenvalue weighted by Crippen LogP contribution is -1.91. The van der Waals surface area contributed by atoms with Gasteiger partial charge < -0.3 is 18.9 Å². The molecule has 2 rings (SSSR count). The Balaban J connectivity index is 0.000000420. The third-order valence-electron chi connectivity index (χ3n) is 3.30. The Bertz CT molecular complexity index is 754. The molecule has 0 aliphatic carbocycles. The first-order valence-corrected chi connectivity index (χ1v) is 9.78. The van der Waals surface area contributed by atoms with Crippen molar-refractivity contribution >= 4 is 18.8 Å². The van der Waals surface area contributed by atoms with E-state index in [0.29, 0.717) is 0 Å². The zero-order valence-electron chi connectivity index (χ0n) is 17.5. The lowest BCUT2D eigenvalue weighted by molar-refractivity contribution is -0.110.